The fourth-order valence-corrected chi connectivity index (χ4v) is 4.57. The van der Waals surface area contributed by atoms with Gasteiger partial charge in [-0.2, -0.15) is 0 Å². The van der Waals surface area contributed by atoms with Crippen molar-refractivity contribution in [1.29, 1.82) is 0 Å². The van der Waals surface area contributed by atoms with Crippen molar-refractivity contribution >= 4 is 56.5 Å². The molecule has 0 aromatic heterocycles. The molecule has 4 nitrogen and oxygen atoms in total. The number of benzene rings is 5. The first-order valence-corrected chi connectivity index (χ1v) is 11.9. The lowest BCUT2D eigenvalue weighted by Gasteiger charge is -2.09. The van der Waals surface area contributed by atoms with Gasteiger partial charge in [-0.3, -0.25) is 9.59 Å². The van der Waals surface area contributed by atoms with Crippen LogP contribution in [0.4, 0.5) is 11.4 Å². The second-order valence-electron chi connectivity index (χ2n) is 7.94. The van der Waals surface area contributed by atoms with Gasteiger partial charge in [0, 0.05) is 21.8 Å². The smallest absolute Gasteiger partial charge is 0.255 e. The van der Waals surface area contributed by atoms with Crippen molar-refractivity contribution in [2.45, 2.75) is 4.90 Å². The van der Waals surface area contributed by atoms with Gasteiger partial charge in [0.15, 0.2) is 0 Å². The third kappa shape index (κ3) is 5.11. The van der Waals surface area contributed by atoms with Gasteiger partial charge in [0.1, 0.15) is 0 Å². The van der Waals surface area contributed by atoms with E-state index in [-0.39, 0.29) is 17.6 Å². The second kappa shape index (κ2) is 9.81. The van der Waals surface area contributed by atoms with Crippen LogP contribution in [-0.4, -0.2) is 17.6 Å². The van der Waals surface area contributed by atoms with Crippen LogP contribution in [0.1, 0.15) is 10.4 Å². The monoisotopic (exact) mass is 462 g/mol. The van der Waals surface area contributed by atoms with Crippen molar-refractivity contribution in [3.63, 3.8) is 0 Å². The van der Waals surface area contributed by atoms with E-state index in [1.807, 2.05) is 109 Å². The Balaban J connectivity index is 1.20. The minimum Gasteiger partial charge on any atom is -0.325 e. The van der Waals surface area contributed by atoms with E-state index in [0.717, 1.165) is 32.1 Å². The Morgan fingerprint density at radius 3 is 2.00 bits per heavy atom. The highest BCUT2D eigenvalue weighted by Crippen LogP contribution is 2.24. The van der Waals surface area contributed by atoms with E-state index in [2.05, 4.69) is 10.6 Å². The summed E-state index contributed by atoms with van der Waals surface area (Å²) in [5.74, 6) is 0.0300. The van der Waals surface area contributed by atoms with E-state index in [0.29, 0.717) is 11.3 Å². The third-order valence-electron chi connectivity index (χ3n) is 5.51. The van der Waals surface area contributed by atoms with Crippen molar-refractivity contribution < 1.29 is 9.59 Å². The third-order valence-corrected chi connectivity index (χ3v) is 6.50. The molecule has 2 N–H and O–H groups in total. The van der Waals surface area contributed by atoms with E-state index in [1.54, 1.807) is 0 Å². The van der Waals surface area contributed by atoms with E-state index in [4.69, 9.17) is 0 Å². The molecule has 166 valence electrons. The summed E-state index contributed by atoms with van der Waals surface area (Å²) < 4.78 is 0. The number of fused-ring (bicyclic) bond motifs is 2. The number of nitrogens with one attached hydrogen (secondary N) is 2. The fourth-order valence-electron chi connectivity index (χ4n) is 3.81. The minimum absolute atomic E-state index is 0.0779. The maximum absolute atomic E-state index is 12.7. The van der Waals surface area contributed by atoms with Crippen molar-refractivity contribution in [3.8, 4) is 0 Å². The Kier molecular flexibility index (Phi) is 6.27. The predicted octanol–water partition coefficient (Wildman–Crippen LogP) is 6.98. The minimum atomic E-state index is -0.165. The highest BCUT2D eigenvalue weighted by Gasteiger charge is 2.09. The van der Waals surface area contributed by atoms with Crippen LogP contribution >= 0.6 is 11.8 Å². The number of hydrogen-bond donors (Lipinski definition) is 2. The van der Waals surface area contributed by atoms with Crippen LogP contribution in [0.2, 0.25) is 0 Å². The highest BCUT2D eigenvalue weighted by atomic mass is 32.2. The summed E-state index contributed by atoms with van der Waals surface area (Å²) in [4.78, 5) is 26.1. The van der Waals surface area contributed by atoms with E-state index >= 15 is 0 Å². The molecule has 5 rings (SSSR count). The first kappa shape index (κ1) is 21.7. The molecule has 0 unspecified atom stereocenters. The van der Waals surface area contributed by atoms with Crippen LogP contribution < -0.4 is 10.6 Å². The van der Waals surface area contributed by atoms with Gasteiger partial charge in [0.2, 0.25) is 5.91 Å². The van der Waals surface area contributed by atoms with E-state index in [1.165, 1.54) is 11.8 Å². The van der Waals surface area contributed by atoms with Gasteiger partial charge in [0.05, 0.1) is 5.75 Å². The number of carbonyl (C=O) groups is 2. The van der Waals surface area contributed by atoms with Crippen LogP contribution in [0.25, 0.3) is 21.5 Å². The number of anilines is 2. The van der Waals surface area contributed by atoms with Gasteiger partial charge in [-0.1, -0.05) is 66.7 Å². The molecule has 0 aliphatic rings. The number of rotatable bonds is 6. The molecular formula is C29H22N2O2S. The van der Waals surface area contributed by atoms with Crippen molar-refractivity contribution in [2.24, 2.45) is 0 Å². The Hall–Kier alpha value is -4.09. The number of thioether (sulfide) groups is 1. The van der Waals surface area contributed by atoms with Crippen LogP contribution in [0, 0.1) is 0 Å². The molecule has 0 saturated heterocycles. The van der Waals surface area contributed by atoms with Crippen LogP contribution in [0.15, 0.2) is 114 Å². The van der Waals surface area contributed by atoms with Crippen molar-refractivity contribution in [2.75, 3.05) is 16.4 Å². The quantitative estimate of drug-likeness (QED) is 0.268. The van der Waals surface area contributed by atoms with E-state index in [9.17, 15) is 9.59 Å². The van der Waals surface area contributed by atoms with Gasteiger partial charge in [0.25, 0.3) is 5.91 Å². The fraction of sp³-hybridized carbons (Fsp3) is 0.0345. The first-order chi connectivity index (χ1) is 16.6. The van der Waals surface area contributed by atoms with Crippen molar-refractivity contribution in [3.05, 3.63) is 115 Å². The maximum Gasteiger partial charge on any atom is 0.255 e. The summed E-state index contributed by atoms with van der Waals surface area (Å²) in [6, 6.07) is 35.1. The molecular weight excluding hydrogens is 440 g/mol. The summed E-state index contributed by atoms with van der Waals surface area (Å²) in [5, 5.41) is 10.3. The van der Waals surface area contributed by atoms with Gasteiger partial charge < -0.3 is 10.6 Å². The molecule has 0 saturated carbocycles. The van der Waals surface area contributed by atoms with Gasteiger partial charge in [-0.25, -0.2) is 0 Å². The number of carbonyl (C=O) groups excluding carboxylic acids is 2. The molecule has 0 radical (unpaired) electrons. The molecule has 0 bridgehead atoms. The largest absolute Gasteiger partial charge is 0.325 e. The molecule has 0 aliphatic carbocycles. The molecule has 5 heteroatoms. The molecule has 2 amide bonds. The molecule has 0 atom stereocenters. The van der Waals surface area contributed by atoms with Crippen molar-refractivity contribution in [1.82, 2.24) is 0 Å². The zero-order valence-electron chi connectivity index (χ0n) is 18.3. The average molecular weight is 463 g/mol. The summed E-state index contributed by atoms with van der Waals surface area (Å²) in [5.41, 5.74) is 2.07. The lowest BCUT2D eigenvalue weighted by molar-refractivity contribution is -0.113. The van der Waals surface area contributed by atoms with Crippen LogP contribution in [0.5, 0.6) is 0 Å². The standard InChI is InChI=1S/C29H22N2O2S/c32-28(30-26-15-14-21-7-2-4-9-23(21)17-26)19-34-27-11-5-10-25(18-27)31-29(33)24-13-12-20-6-1-3-8-22(20)16-24/h1-18H,19H2,(H,30,32)(H,31,33). The maximum atomic E-state index is 12.7. The van der Waals surface area contributed by atoms with Gasteiger partial charge in [-0.15, -0.1) is 11.8 Å². The summed E-state index contributed by atoms with van der Waals surface area (Å²) in [7, 11) is 0. The van der Waals surface area contributed by atoms with Gasteiger partial charge in [-0.05, 0) is 64.0 Å². The van der Waals surface area contributed by atoms with E-state index < -0.39 is 0 Å². The first-order valence-electron chi connectivity index (χ1n) is 11.0. The summed E-state index contributed by atoms with van der Waals surface area (Å²) >= 11 is 1.43. The number of amides is 2. The molecule has 0 heterocycles. The predicted molar refractivity (Wildman–Crippen MR) is 142 cm³/mol. The van der Waals surface area contributed by atoms with Crippen LogP contribution in [0.3, 0.4) is 0 Å². The molecule has 0 spiro atoms. The second-order valence-corrected chi connectivity index (χ2v) is 8.99. The Labute approximate surface area is 202 Å². The average Bonchev–Trinajstić information content (AvgIpc) is 2.87. The molecule has 5 aromatic carbocycles. The molecule has 0 aliphatic heterocycles. The summed E-state index contributed by atoms with van der Waals surface area (Å²) in [6.45, 7) is 0. The Morgan fingerprint density at radius 2 is 1.24 bits per heavy atom. The number of hydrogen-bond acceptors (Lipinski definition) is 3. The lowest BCUT2D eigenvalue weighted by atomic mass is 10.1. The SMILES string of the molecule is O=C(CSc1cccc(NC(=O)c2ccc3ccccc3c2)c1)Nc1ccc2ccccc2c1. The summed E-state index contributed by atoms with van der Waals surface area (Å²) in [6.07, 6.45) is 0. The topological polar surface area (TPSA) is 58.2 Å². The van der Waals surface area contributed by atoms with Gasteiger partial charge >= 0.3 is 0 Å². The molecule has 5 aromatic rings. The lowest BCUT2D eigenvalue weighted by Crippen LogP contribution is -2.14. The zero-order valence-corrected chi connectivity index (χ0v) is 19.1. The zero-order chi connectivity index (χ0) is 23.3. The molecule has 34 heavy (non-hydrogen) atoms. The Morgan fingerprint density at radius 1 is 0.588 bits per heavy atom. The van der Waals surface area contributed by atoms with Crippen LogP contribution in [-0.2, 0) is 4.79 Å². The highest BCUT2D eigenvalue weighted by molar-refractivity contribution is 8.00. The normalized spacial score (nSPS) is 10.8. The Bertz CT molecular complexity index is 1510. The molecule has 0 fully saturated rings.